The monoisotopic (exact) mass is 329 g/mol. The van der Waals surface area contributed by atoms with Crippen molar-refractivity contribution in [1.29, 1.82) is 0 Å². The maximum Gasteiger partial charge on any atom is 0.0731 e. The lowest BCUT2D eigenvalue weighted by molar-refractivity contribution is 0.891. The van der Waals surface area contributed by atoms with Crippen LogP contribution in [0.2, 0.25) is 5.02 Å². The quantitative estimate of drug-likeness (QED) is 0.838. The minimum absolute atomic E-state index is 0.155. The summed E-state index contributed by atoms with van der Waals surface area (Å²) in [6, 6.07) is 7.93. The number of rotatable bonds is 2. The third-order valence-corrected chi connectivity index (χ3v) is 5.48. The summed E-state index contributed by atoms with van der Waals surface area (Å²) >= 11 is 11.5. The highest BCUT2D eigenvalue weighted by molar-refractivity contribution is 9.11. The van der Waals surface area contributed by atoms with Crippen LogP contribution in [0.1, 0.15) is 27.6 Å². The van der Waals surface area contributed by atoms with Crippen LogP contribution in [0.4, 0.5) is 0 Å². The van der Waals surface area contributed by atoms with Gasteiger partial charge in [-0.3, -0.25) is 0 Å². The minimum Gasteiger partial charge on any atom is -0.320 e. The molecule has 0 amide bonds. The van der Waals surface area contributed by atoms with E-state index in [2.05, 4.69) is 28.9 Å². The molecule has 17 heavy (non-hydrogen) atoms. The zero-order valence-electron chi connectivity index (χ0n) is 9.63. The van der Waals surface area contributed by atoms with Crippen LogP contribution in [0.3, 0.4) is 0 Å². The molecule has 2 aromatic rings. The Balaban J connectivity index is 2.43. The first-order valence-corrected chi connectivity index (χ1v) is 7.26. The maximum absolute atomic E-state index is 6.30. The summed E-state index contributed by atoms with van der Waals surface area (Å²) in [5, 5.41) is 0.766. The molecule has 0 saturated heterocycles. The molecule has 2 rings (SSSR count). The van der Waals surface area contributed by atoms with Crippen LogP contribution in [0.5, 0.6) is 0 Å². The molecule has 1 atom stereocenters. The molecule has 0 radical (unpaired) electrons. The van der Waals surface area contributed by atoms with E-state index in [4.69, 9.17) is 17.3 Å². The Labute approximate surface area is 119 Å². The van der Waals surface area contributed by atoms with Gasteiger partial charge in [-0.1, -0.05) is 29.8 Å². The topological polar surface area (TPSA) is 26.0 Å². The second-order valence-corrected chi connectivity index (χ2v) is 6.84. The highest BCUT2D eigenvalue weighted by Gasteiger charge is 2.16. The van der Waals surface area contributed by atoms with E-state index in [9.17, 15) is 0 Å². The van der Waals surface area contributed by atoms with Crippen molar-refractivity contribution in [1.82, 2.24) is 0 Å². The van der Waals surface area contributed by atoms with Gasteiger partial charge >= 0.3 is 0 Å². The molecule has 1 unspecified atom stereocenters. The van der Waals surface area contributed by atoms with E-state index in [0.717, 1.165) is 24.8 Å². The van der Waals surface area contributed by atoms with Crippen LogP contribution in [0.25, 0.3) is 0 Å². The molecule has 0 saturated carbocycles. The van der Waals surface area contributed by atoms with Crippen molar-refractivity contribution in [3.63, 3.8) is 0 Å². The molecule has 1 aromatic carbocycles. The zero-order chi connectivity index (χ0) is 12.6. The molecule has 0 aliphatic rings. The molecule has 1 heterocycles. The predicted molar refractivity (Wildman–Crippen MR) is 79.0 cm³/mol. The van der Waals surface area contributed by atoms with Crippen LogP contribution in [0.15, 0.2) is 28.1 Å². The molecule has 0 spiro atoms. The summed E-state index contributed by atoms with van der Waals surface area (Å²) in [6.07, 6.45) is 0. The van der Waals surface area contributed by atoms with Gasteiger partial charge in [-0.25, -0.2) is 0 Å². The van der Waals surface area contributed by atoms with Crippen molar-refractivity contribution >= 4 is 38.9 Å². The Kier molecular flexibility index (Phi) is 3.93. The average molecular weight is 331 g/mol. The van der Waals surface area contributed by atoms with Gasteiger partial charge in [0.05, 0.1) is 9.83 Å². The fraction of sp³-hybridized carbons (Fsp3) is 0.231. The first kappa shape index (κ1) is 13.1. The minimum atomic E-state index is -0.155. The second kappa shape index (κ2) is 5.11. The summed E-state index contributed by atoms with van der Waals surface area (Å²) in [5.41, 5.74) is 9.53. The lowest BCUT2D eigenvalue weighted by atomic mass is 10.0. The van der Waals surface area contributed by atoms with Crippen LogP contribution in [0, 0.1) is 13.8 Å². The summed E-state index contributed by atoms with van der Waals surface area (Å²) in [4.78, 5) is 1.13. The largest absolute Gasteiger partial charge is 0.320 e. The summed E-state index contributed by atoms with van der Waals surface area (Å²) in [7, 11) is 0. The highest BCUT2D eigenvalue weighted by atomic mass is 79.9. The third-order valence-electron chi connectivity index (χ3n) is 2.74. The molecule has 4 heteroatoms. The molecular weight excluding hydrogens is 318 g/mol. The SMILES string of the molecule is Cc1cc(C(N)c2cccc(C)c2Cl)sc1Br. The van der Waals surface area contributed by atoms with Gasteiger partial charge in [0.1, 0.15) is 0 Å². The van der Waals surface area contributed by atoms with Gasteiger partial charge in [-0.15, -0.1) is 11.3 Å². The maximum atomic E-state index is 6.30. The Morgan fingerprint density at radius 2 is 2.00 bits per heavy atom. The first-order chi connectivity index (χ1) is 8.00. The van der Waals surface area contributed by atoms with E-state index in [1.54, 1.807) is 11.3 Å². The van der Waals surface area contributed by atoms with Gasteiger partial charge in [-0.05, 0) is 52.5 Å². The molecule has 2 N–H and O–H groups in total. The summed E-state index contributed by atoms with van der Waals surface area (Å²) in [5.74, 6) is 0. The van der Waals surface area contributed by atoms with Crippen LogP contribution >= 0.6 is 38.9 Å². The average Bonchev–Trinajstić information content (AvgIpc) is 2.62. The van der Waals surface area contributed by atoms with Crippen LogP contribution in [-0.2, 0) is 0 Å². The van der Waals surface area contributed by atoms with E-state index in [1.807, 2.05) is 25.1 Å². The Hall–Kier alpha value is -0.350. The predicted octanol–water partition coefficient (Wildman–Crippen LogP) is 4.83. The lowest BCUT2D eigenvalue weighted by Crippen LogP contribution is -2.11. The number of nitrogens with two attached hydrogens (primary N) is 1. The number of thiophene rings is 1. The van der Waals surface area contributed by atoms with E-state index < -0.39 is 0 Å². The third kappa shape index (κ3) is 2.58. The van der Waals surface area contributed by atoms with Gasteiger partial charge in [-0.2, -0.15) is 0 Å². The van der Waals surface area contributed by atoms with Gasteiger partial charge in [0.2, 0.25) is 0 Å². The second-order valence-electron chi connectivity index (χ2n) is 4.06. The fourth-order valence-corrected chi connectivity index (χ4v) is 3.54. The lowest BCUT2D eigenvalue weighted by Gasteiger charge is -2.13. The molecule has 1 aromatic heterocycles. The number of benzene rings is 1. The first-order valence-electron chi connectivity index (χ1n) is 5.27. The Bertz CT molecular complexity index is 531. The summed E-state index contributed by atoms with van der Waals surface area (Å²) in [6.45, 7) is 4.06. The Morgan fingerprint density at radius 3 is 2.59 bits per heavy atom. The normalized spacial score (nSPS) is 12.8. The van der Waals surface area contributed by atoms with Crippen molar-refractivity contribution in [2.45, 2.75) is 19.9 Å². The van der Waals surface area contributed by atoms with Gasteiger partial charge in [0.25, 0.3) is 0 Å². The van der Waals surface area contributed by atoms with E-state index in [1.165, 1.54) is 5.56 Å². The fourth-order valence-electron chi connectivity index (χ4n) is 1.70. The van der Waals surface area contributed by atoms with E-state index >= 15 is 0 Å². The van der Waals surface area contributed by atoms with Crippen molar-refractivity contribution in [3.8, 4) is 0 Å². The molecule has 0 fully saturated rings. The molecule has 0 aliphatic heterocycles. The van der Waals surface area contributed by atoms with Gasteiger partial charge < -0.3 is 5.73 Å². The van der Waals surface area contributed by atoms with Crippen molar-refractivity contribution < 1.29 is 0 Å². The molecule has 0 bridgehead atoms. The summed E-state index contributed by atoms with van der Waals surface area (Å²) < 4.78 is 1.13. The zero-order valence-corrected chi connectivity index (χ0v) is 12.8. The number of hydrogen-bond acceptors (Lipinski definition) is 2. The smallest absolute Gasteiger partial charge is 0.0731 e. The van der Waals surface area contributed by atoms with Gasteiger partial charge in [0, 0.05) is 9.90 Å². The molecule has 0 aliphatic carbocycles. The Morgan fingerprint density at radius 1 is 1.29 bits per heavy atom. The van der Waals surface area contributed by atoms with Crippen LogP contribution < -0.4 is 5.73 Å². The van der Waals surface area contributed by atoms with Crippen molar-refractivity contribution in [2.75, 3.05) is 0 Å². The highest BCUT2D eigenvalue weighted by Crippen LogP contribution is 2.35. The van der Waals surface area contributed by atoms with Crippen LogP contribution in [-0.4, -0.2) is 0 Å². The standard InChI is InChI=1S/C13H13BrClNS/c1-7-4-3-5-9(11(7)15)12(16)10-6-8(2)13(14)17-10/h3-6,12H,16H2,1-2H3. The van der Waals surface area contributed by atoms with Crippen molar-refractivity contribution in [3.05, 3.63) is 54.6 Å². The van der Waals surface area contributed by atoms with E-state index in [0.29, 0.717) is 0 Å². The molecule has 1 nitrogen and oxygen atoms in total. The van der Waals surface area contributed by atoms with E-state index in [-0.39, 0.29) is 6.04 Å². The molecule has 90 valence electrons. The number of aryl methyl sites for hydroxylation is 2. The molecular formula is C13H13BrClNS. The number of hydrogen-bond donors (Lipinski definition) is 1. The number of halogens is 2. The van der Waals surface area contributed by atoms with Crippen molar-refractivity contribution in [2.24, 2.45) is 5.73 Å². The van der Waals surface area contributed by atoms with Gasteiger partial charge in [0.15, 0.2) is 0 Å².